The summed E-state index contributed by atoms with van der Waals surface area (Å²) in [6.45, 7) is 1.15. The number of likely N-dealkylation sites (tertiary alicyclic amines) is 1. The zero-order valence-electron chi connectivity index (χ0n) is 16.4. The van der Waals surface area contributed by atoms with Crippen LogP contribution in [0.15, 0.2) is 30.3 Å². The molecule has 2 aliphatic heterocycles. The highest BCUT2D eigenvalue weighted by Crippen LogP contribution is 2.49. The quantitative estimate of drug-likeness (QED) is 0.778. The number of nitrogens with zero attached hydrogens (tertiary/aromatic N) is 2. The molecule has 2 aliphatic carbocycles. The van der Waals surface area contributed by atoms with E-state index in [4.69, 9.17) is 0 Å². The van der Waals surface area contributed by atoms with E-state index in [1.54, 1.807) is 4.31 Å². The van der Waals surface area contributed by atoms with Gasteiger partial charge in [-0.05, 0) is 44.1 Å². The van der Waals surface area contributed by atoms with Crippen LogP contribution in [0.5, 0.6) is 0 Å². The van der Waals surface area contributed by atoms with Crippen molar-refractivity contribution in [3.8, 4) is 0 Å². The molecular weight excluding hydrogens is 372 g/mol. The van der Waals surface area contributed by atoms with Crippen molar-refractivity contribution in [2.75, 3.05) is 13.1 Å². The van der Waals surface area contributed by atoms with Crippen LogP contribution in [0.4, 0.5) is 0 Å². The predicted molar refractivity (Wildman–Crippen MR) is 108 cm³/mol. The first kappa shape index (κ1) is 18.6. The van der Waals surface area contributed by atoms with Crippen LogP contribution in [-0.4, -0.2) is 54.0 Å². The van der Waals surface area contributed by atoms with Gasteiger partial charge in [0.15, 0.2) is 0 Å². The van der Waals surface area contributed by atoms with Gasteiger partial charge in [-0.25, -0.2) is 8.42 Å². The van der Waals surface area contributed by atoms with Crippen LogP contribution >= 0.6 is 0 Å². The maximum absolute atomic E-state index is 13.3. The lowest BCUT2D eigenvalue weighted by Crippen LogP contribution is -2.52. The average molecular weight is 403 g/mol. The van der Waals surface area contributed by atoms with Crippen molar-refractivity contribution in [1.82, 2.24) is 9.21 Å². The minimum Gasteiger partial charge on any atom is -0.338 e. The maximum Gasteiger partial charge on any atom is 0.222 e. The van der Waals surface area contributed by atoms with E-state index in [-0.39, 0.29) is 22.6 Å². The molecule has 0 aromatic heterocycles. The molecule has 0 spiro atoms. The topological polar surface area (TPSA) is 57.7 Å². The molecule has 2 heterocycles. The van der Waals surface area contributed by atoms with E-state index in [1.807, 2.05) is 18.2 Å². The zero-order valence-corrected chi connectivity index (χ0v) is 17.2. The van der Waals surface area contributed by atoms with Gasteiger partial charge in [-0.3, -0.25) is 4.79 Å². The summed E-state index contributed by atoms with van der Waals surface area (Å²) in [5, 5.41) is -0.196. The van der Waals surface area contributed by atoms with Gasteiger partial charge in [0.2, 0.25) is 15.9 Å². The number of carbonyl (C=O) groups is 1. The minimum absolute atomic E-state index is 0.132. The predicted octanol–water partition coefficient (Wildman–Crippen LogP) is 3.06. The van der Waals surface area contributed by atoms with Crippen molar-refractivity contribution in [3.05, 3.63) is 35.9 Å². The van der Waals surface area contributed by atoms with Gasteiger partial charge in [0.1, 0.15) is 0 Å². The van der Waals surface area contributed by atoms with Crippen LogP contribution in [0, 0.1) is 0 Å². The lowest BCUT2D eigenvalue weighted by molar-refractivity contribution is -0.133. The monoisotopic (exact) mass is 402 g/mol. The number of rotatable bonds is 4. The Morgan fingerprint density at radius 1 is 0.964 bits per heavy atom. The Balaban J connectivity index is 1.57. The first-order valence-electron chi connectivity index (χ1n) is 10.9. The molecular formula is C22H30N2O3S. The number of hydrogen-bond donors (Lipinski definition) is 0. The highest BCUT2D eigenvalue weighted by molar-refractivity contribution is 7.90. The number of amides is 1. The van der Waals surface area contributed by atoms with Crippen molar-refractivity contribution < 1.29 is 13.2 Å². The molecule has 4 fully saturated rings. The molecule has 152 valence electrons. The summed E-state index contributed by atoms with van der Waals surface area (Å²) >= 11 is 0. The van der Waals surface area contributed by atoms with Gasteiger partial charge < -0.3 is 4.90 Å². The summed E-state index contributed by atoms with van der Waals surface area (Å²) in [6, 6.07) is 10.5. The van der Waals surface area contributed by atoms with Gasteiger partial charge >= 0.3 is 0 Å². The fourth-order valence-corrected chi connectivity index (χ4v) is 7.99. The Morgan fingerprint density at radius 2 is 1.68 bits per heavy atom. The Morgan fingerprint density at radius 3 is 2.36 bits per heavy atom. The van der Waals surface area contributed by atoms with Crippen molar-refractivity contribution >= 4 is 15.9 Å². The van der Waals surface area contributed by atoms with Gasteiger partial charge in [0, 0.05) is 31.0 Å². The second kappa shape index (κ2) is 6.84. The summed E-state index contributed by atoms with van der Waals surface area (Å²) in [5.41, 5.74) is 0.959. The van der Waals surface area contributed by atoms with E-state index in [1.165, 1.54) is 18.4 Å². The average Bonchev–Trinajstić information content (AvgIpc) is 3.35. The van der Waals surface area contributed by atoms with E-state index < -0.39 is 10.0 Å². The molecule has 0 unspecified atom stereocenters. The maximum atomic E-state index is 13.3. The van der Waals surface area contributed by atoms with Crippen molar-refractivity contribution in [1.29, 1.82) is 0 Å². The molecule has 5 rings (SSSR count). The van der Waals surface area contributed by atoms with E-state index in [0.717, 1.165) is 38.5 Å². The molecule has 1 amide bonds. The summed E-state index contributed by atoms with van der Waals surface area (Å²) in [5.74, 6) is 0.223. The van der Waals surface area contributed by atoms with Gasteiger partial charge in [0.25, 0.3) is 0 Å². The smallest absolute Gasteiger partial charge is 0.222 e. The molecule has 0 bridgehead atoms. The highest BCUT2D eigenvalue weighted by Gasteiger charge is 2.57. The number of carbonyl (C=O) groups excluding carboxylic acids is 1. The van der Waals surface area contributed by atoms with Crippen molar-refractivity contribution in [3.63, 3.8) is 0 Å². The summed E-state index contributed by atoms with van der Waals surface area (Å²) in [7, 11) is -3.27. The largest absolute Gasteiger partial charge is 0.338 e. The third kappa shape index (κ3) is 2.91. The minimum atomic E-state index is -3.27. The number of fused-ring (bicyclic) bond motifs is 1. The molecule has 0 N–H and O–H groups in total. The van der Waals surface area contributed by atoms with Gasteiger partial charge in [-0.15, -0.1) is 0 Å². The first-order chi connectivity index (χ1) is 13.5. The highest BCUT2D eigenvalue weighted by atomic mass is 32.2. The molecule has 28 heavy (non-hydrogen) atoms. The number of benzene rings is 1. The van der Waals surface area contributed by atoms with E-state index in [2.05, 4.69) is 17.0 Å². The fraction of sp³-hybridized carbons (Fsp3) is 0.682. The molecule has 6 heteroatoms. The number of hydrogen-bond acceptors (Lipinski definition) is 3. The third-order valence-corrected chi connectivity index (χ3v) is 10.0. The Kier molecular flexibility index (Phi) is 4.55. The van der Waals surface area contributed by atoms with Crippen LogP contribution in [-0.2, 0) is 20.2 Å². The summed E-state index contributed by atoms with van der Waals surface area (Å²) < 4.78 is 28.3. The molecule has 0 radical (unpaired) electrons. The molecule has 5 nitrogen and oxygen atoms in total. The number of sulfonamides is 1. The Hall–Kier alpha value is -1.40. The van der Waals surface area contributed by atoms with Crippen molar-refractivity contribution in [2.24, 2.45) is 0 Å². The SMILES string of the molecule is O=C1CC[C@@]2(c3ccccc3)CCN(S(=O)(=O)C3CC3)[C@H]2CN1C1CCCC1. The Bertz CT molecular complexity index is 846. The van der Waals surface area contributed by atoms with E-state index >= 15 is 0 Å². The van der Waals surface area contributed by atoms with E-state index in [9.17, 15) is 13.2 Å². The molecule has 2 atom stereocenters. The second-order valence-electron chi connectivity index (χ2n) is 9.13. The summed E-state index contributed by atoms with van der Waals surface area (Å²) in [4.78, 5) is 15.1. The van der Waals surface area contributed by atoms with Crippen LogP contribution in [0.2, 0.25) is 0 Å². The lowest BCUT2D eigenvalue weighted by Gasteiger charge is -2.39. The van der Waals surface area contributed by atoms with Crippen molar-refractivity contribution in [2.45, 2.75) is 80.5 Å². The molecule has 2 saturated heterocycles. The van der Waals surface area contributed by atoms with Crippen LogP contribution in [0.25, 0.3) is 0 Å². The lowest BCUT2D eigenvalue weighted by atomic mass is 9.71. The first-order valence-corrected chi connectivity index (χ1v) is 12.4. The van der Waals surface area contributed by atoms with Gasteiger partial charge in [0.05, 0.1) is 11.3 Å². The van der Waals surface area contributed by atoms with Crippen LogP contribution in [0.1, 0.15) is 63.4 Å². The van der Waals surface area contributed by atoms with Crippen LogP contribution in [0.3, 0.4) is 0 Å². The zero-order chi connectivity index (χ0) is 19.4. The normalized spacial score (nSPS) is 32.5. The van der Waals surface area contributed by atoms with Crippen LogP contribution < -0.4 is 0 Å². The van der Waals surface area contributed by atoms with Gasteiger partial charge in [-0.1, -0.05) is 43.2 Å². The summed E-state index contributed by atoms with van der Waals surface area (Å²) in [6.07, 6.45) is 8.14. The van der Waals surface area contributed by atoms with Gasteiger partial charge in [-0.2, -0.15) is 4.31 Å². The second-order valence-corrected chi connectivity index (χ2v) is 11.3. The molecule has 2 saturated carbocycles. The molecule has 1 aromatic rings. The molecule has 4 aliphatic rings. The van der Waals surface area contributed by atoms with E-state index in [0.29, 0.717) is 25.6 Å². The standard InChI is InChI=1S/C22H30N2O3S/c25-21-12-13-22(17-6-2-1-3-7-17)14-15-24(28(26,27)19-10-11-19)20(22)16-23(21)18-8-4-5-9-18/h1-3,6-7,18-20H,4-5,8-16H2/t20-,22-/m0/s1. The Labute approximate surface area is 168 Å². The molecule has 1 aromatic carbocycles. The fourth-order valence-electron chi connectivity index (χ4n) is 5.91. The third-order valence-electron chi connectivity index (χ3n) is 7.63.